The van der Waals surface area contributed by atoms with Crippen LogP contribution in [0.5, 0.6) is 0 Å². The Morgan fingerprint density at radius 3 is 2.29 bits per heavy atom. The Morgan fingerprint density at radius 1 is 1.14 bits per heavy atom. The van der Waals surface area contributed by atoms with E-state index in [0.717, 1.165) is 27.9 Å². The fraction of sp³-hybridized carbons (Fsp3) is 0.667. The lowest BCUT2D eigenvalue weighted by molar-refractivity contribution is 0.117. The highest BCUT2D eigenvalue weighted by Gasteiger charge is 2.35. The monoisotopic (exact) mass is 327 g/mol. The van der Waals surface area contributed by atoms with Crippen molar-refractivity contribution in [2.45, 2.75) is 52.5 Å². The minimum atomic E-state index is 0.376. The molecule has 118 valence electrons. The van der Waals surface area contributed by atoms with Crippen molar-refractivity contribution in [1.29, 1.82) is 0 Å². The summed E-state index contributed by atoms with van der Waals surface area (Å²) in [7, 11) is 2.07. The van der Waals surface area contributed by atoms with E-state index in [4.69, 9.17) is 23.2 Å². The Labute approximate surface area is 139 Å². The summed E-state index contributed by atoms with van der Waals surface area (Å²) in [5.74, 6) is 1.37. The van der Waals surface area contributed by atoms with Crippen LogP contribution < -0.4 is 5.32 Å². The van der Waals surface area contributed by atoms with Gasteiger partial charge in [-0.1, -0.05) is 50.0 Å². The minimum Gasteiger partial charge on any atom is -0.317 e. The predicted molar refractivity (Wildman–Crippen MR) is 93.3 cm³/mol. The molecule has 1 aliphatic carbocycles. The van der Waals surface area contributed by atoms with Crippen molar-refractivity contribution < 1.29 is 0 Å². The van der Waals surface area contributed by atoms with E-state index in [1.807, 2.05) is 18.2 Å². The molecule has 3 atom stereocenters. The first-order valence-corrected chi connectivity index (χ1v) is 8.68. The molecule has 1 aliphatic rings. The van der Waals surface area contributed by atoms with Gasteiger partial charge in [0.15, 0.2) is 0 Å². The lowest BCUT2D eigenvalue weighted by Gasteiger charge is -2.42. The van der Waals surface area contributed by atoms with Crippen LogP contribution in [0.3, 0.4) is 0 Å². The van der Waals surface area contributed by atoms with E-state index in [0.29, 0.717) is 17.4 Å². The van der Waals surface area contributed by atoms with Gasteiger partial charge in [0.1, 0.15) is 0 Å². The third kappa shape index (κ3) is 4.15. The van der Waals surface area contributed by atoms with Crippen LogP contribution in [0.4, 0.5) is 0 Å². The fourth-order valence-electron chi connectivity index (χ4n) is 3.65. The molecule has 0 spiro atoms. The zero-order valence-corrected chi connectivity index (χ0v) is 15.1. The van der Waals surface area contributed by atoms with Crippen LogP contribution in [0.2, 0.25) is 10.0 Å². The molecule has 0 heterocycles. The van der Waals surface area contributed by atoms with Gasteiger partial charge in [0.25, 0.3) is 0 Å². The predicted octanol–water partition coefficient (Wildman–Crippen LogP) is 5.59. The Bertz CT molecular complexity index is 458. The molecule has 0 radical (unpaired) electrons. The lowest BCUT2D eigenvalue weighted by atomic mass is 9.66. The van der Waals surface area contributed by atoms with Crippen molar-refractivity contribution in [1.82, 2.24) is 5.32 Å². The molecule has 1 saturated carbocycles. The van der Waals surface area contributed by atoms with Crippen molar-refractivity contribution >= 4 is 23.2 Å². The summed E-state index contributed by atoms with van der Waals surface area (Å²) in [5.41, 5.74) is 1.49. The molecule has 0 aromatic heterocycles. The number of hydrogen-bond acceptors (Lipinski definition) is 1. The third-order valence-electron chi connectivity index (χ3n) is 5.11. The van der Waals surface area contributed by atoms with E-state index < -0.39 is 0 Å². The third-order valence-corrected chi connectivity index (χ3v) is 5.81. The SMILES string of the molecule is CNC1CCC(C(C)(C)C)CC1Cc1c(Cl)cccc1Cl. The largest absolute Gasteiger partial charge is 0.317 e. The highest BCUT2D eigenvalue weighted by atomic mass is 35.5. The average Bonchev–Trinajstić information content (AvgIpc) is 2.42. The summed E-state index contributed by atoms with van der Waals surface area (Å²) < 4.78 is 0. The van der Waals surface area contributed by atoms with Crippen LogP contribution >= 0.6 is 23.2 Å². The maximum Gasteiger partial charge on any atom is 0.0452 e. The van der Waals surface area contributed by atoms with Gasteiger partial charge in [-0.25, -0.2) is 0 Å². The van der Waals surface area contributed by atoms with E-state index in [1.54, 1.807) is 0 Å². The van der Waals surface area contributed by atoms with E-state index in [1.165, 1.54) is 19.3 Å². The second-order valence-corrected chi connectivity index (χ2v) is 8.25. The van der Waals surface area contributed by atoms with Gasteiger partial charge in [-0.05, 0) is 67.7 Å². The van der Waals surface area contributed by atoms with Gasteiger partial charge < -0.3 is 5.32 Å². The van der Waals surface area contributed by atoms with Gasteiger partial charge in [0, 0.05) is 16.1 Å². The van der Waals surface area contributed by atoms with Crippen molar-refractivity contribution in [3.05, 3.63) is 33.8 Å². The number of nitrogens with one attached hydrogen (secondary N) is 1. The molecule has 21 heavy (non-hydrogen) atoms. The molecule has 1 fully saturated rings. The molecule has 1 aromatic carbocycles. The van der Waals surface area contributed by atoms with Crippen molar-refractivity contribution in [2.75, 3.05) is 7.05 Å². The van der Waals surface area contributed by atoms with Gasteiger partial charge in [-0.15, -0.1) is 0 Å². The molecule has 1 N–H and O–H groups in total. The molecule has 0 amide bonds. The number of hydrogen-bond donors (Lipinski definition) is 1. The normalized spacial score (nSPS) is 26.9. The summed E-state index contributed by atoms with van der Waals surface area (Å²) in [4.78, 5) is 0. The van der Waals surface area contributed by atoms with Gasteiger partial charge in [-0.2, -0.15) is 0 Å². The smallest absolute Gasteiger partial charge is 0.0452 e. The van der Waals surface area contributed by atoms with Crippen molar-refractivity contribution in [3.63, 3.8) is 0 Å². The first-order chi connectivity index (χ1) is 9.82. The fourth-order valence-corrected chi connectivity index (χ4v) is 4.20. The standard InChI is InChI=1S/C18H27Cl2N/c1-18(2,3)13-8-9-17(21-4)12(10-13)11-14-15(19)6-5-7-16(14)20/h5-7,12-13,17,21H,8-11H2,1-4H3. The first-order valence-electron chi connectivity index (χ1n) is 7.93. The number of halogens is 2. The molecule has 3 unspecified atom stereocenters. The lowest BCUT2D eigenvalue weighted by Crippen LogP contribution is -2.42. The molecular weight excluding hydrogens is 301 g/mol. The Hall–Kier alpha value is -0.240. The molecule has 0 aliphatic heterocycles. The van der Waals surface area contributed by atoms with Gasteiger partial charge in [0.2, 0.25) is 0 Å². The second-order valence-electron chi connectivity index (χ2n) is 7.44. The van der Waals surface area contributed by atoms with E-state index in [2.05, 4.69) is 33.1 Å². The quantitative estimate of drug-likeness (QED) is 0.763. The zero-order chi connectivity index (χ0) is 15.6. The highest BCUT2D eigenvalue weighted by Crippen LogP contribution is 2.42. The molecule has 1 nitrogen and oxygen atoms in total. The summed E-state index contributed by atoms with van der Waals surface area (Å²) in [6.45, 7) is 7.07. The van der Waals surface area contributed by atoms with Crippen LogP contribution in [0.1, 0.15) is 45.6 Å². The van der Waals surface area contributed by atoms with Crippen LogP contribution in [0.15, 0.2) is 18.2 Å². The van der Waals surface area contributed by atoms with Gasteiger partial charge in [-0.3, -0.25) is 0 Å². The molecular formula is C18H27Cl2N. The summed E-state index contributed by atoms with van der Waals surface area (Å²) in [5, 5.41) is 5.10. The van der Waals surface area contributed by atoms with Crippen molar-refractivity contribution in [2.24, 2.45) is 17.3 Å². The average molecular weight is 328 g/mol. The first kappa shape index (κ1) is 17.1. The number of benzene rings is 1. The summed E-state index contributed by atoms with van der Waals surface area (Å²) in [6, 6.07) is 6.38. The van der Waals surface area contributed by atoms with E-state index in [-0.39, 0.29) is 0 Å². The van der Waals surface area contributed by atoms with E-state index >= 15 is 0 Å². The second kappa shape index (κ2) is 6.89. The van der Waals surface area contributed by atoms with Crippen LogP contribution in [-0.2, 0) is 6.42 Å². The van der Waals surface area contributed by atoms with Gasteiger partial charge >= 0.3 is 0 Å². The van der Waals surface area contributed by atoms with E-state index in [9.17, 15) is 0 Å². The van der Waals surface area contributed by atoms with Crippen LogP contribution in [-0.4, -0.2) is 13.1 Å². The molecule has 3 heteroatoms. The molecule has 1 aromatic rings. The topological polar surface area (TPSA) is 12.0 Å². The number of rotatable bonds is 3. The van der Waals surface area contributed by atoms with Gasteiger partial charge in [0.05, 0.1) is 0 Å². The molecule has 0 saturated heterocycles. The maximum absolute atomic E-state index is 6.36. The zero-order valence-electron chi connectivity index (χ0n) is 13.5. The Morgan fingerprint density at radius 2 is 1.76 bits per heavy atom. The molecule has 2 rings (SSSR count). The molecule has 0 bridgehead atoms. The summed E-state index contributed by atoms with van der Waals surface area (Å²) >= 11 is 12.7. The summed E-state index contributed by atoms with van der Waals surface area (Å²) in [6.07, 6.45) is 4.76. The Kier molecular flexibility index (Phi) is 5.62. The maximum atomic E-state index is 6.36. The van der Waals surface area contributed by atoms with Crippen molar-refractivity contribution in [3.8, 4) is 0 Å². The van der Waals surface area contributed by atoms with Crippen LogP contribution in [0.25, 0.3) is 0 Å². The minimum absolute atomic E-state index is 0.376. The highest BCUT2D eigenvalue weighted by molar-refractivity contribution is 6.35. The van der Waals surface area contributed by atoms with Crippen LogP contribution in [0, 0.1) is 17.3 Å². The Balaban J connectivity index is 2.18.